The number of carbonyl (C=O) groups is 1. The van der Waals surface area contributed by atoms with Crippen LogP contribution in [0.2, 0.25) is 0 Å². The summed E-state index contributed by atoms with van der Waals surface area (Å²) in [5, 5.41) is 8.95. The topological polar surface area (TPSA) is 53.2 Å². The highest BCUT2D eigenvalue weighted by Crippen LogP contribution is 2.03. The number of para-hydroxylation sites is 1. The van der Waals surface area contributed by atoms with Gasteiger partial charge in [-0.2, -0.15) is 0 Å². The van der Waals surface area contributed by atoms with Gasteiger partial charge in [-0.1, -0.05) is 18.2 Å². The lowest BCUT2D eigenvalue weighted by molar-refractivity contribution is -0.119. The Balaban J connectivity index is 2.20. The molecule has 16 heavy (non-hydrogen) atoms. The molecule has 0 saturated heterocycles. The predicted octanol–water partition coefficient (Wildman–Crippen LogP) is 0.823. The smallest absolute Gasteiger partial charge is 0.239 e. The minimum atomic E-state index is 0.00551. The molecule has 1 atom stereocenters. The number of hydrogen-bond acceptors (Lipinski definition) is 3. The molecule has 0 aliphatic heterocycles. The maximum atomic E-state index is 11.4. The molecular formula is C12H19N3O. The Hall–Kier alpha value is -1.55. The first-order chi connectivity index (χ1) is 7.72. The van der Waals surface area contributed by atoms with Crippen molar-refractivity contribution in [3.05, 3.63) is 30.3 Å². The third kappa shape index (κ3) is 4.79. The molecule has 1 rings (SSSR count). The van der Waals surface area contributed by atoms with E-state index in [1.807, 2.05) is 44.3 Å². The van der Waals surface area contributed by atoms with Crippen molar-refractivity contribution < 1.29 is 4.79 Å². The summed E-state index contributed by atoms with van der Waals surface area (Å²) in [7, 11) is 1.87. The highest BCUT2D eigenvalue weighted by Gasteiger charge is 2.02. The highest BCUT2D eigenvalue weighted by atomic mass is 16.1. The molecule has 0 aliphatic carbocycles. The molecule has 88 valence electrons. The van der Waals surface area contributed by atoms with Crippen molar-refractivity contribution in [3.8, 4) is 0 Å². The van der Waals surface area contributed by atoms with E-state index in [1.165, 1.54) is 0 Å². The molecule has 3 N–H and O–H groups in total. The average molecular weight is 221 g/mol. The molecule has 0 aliphatic rings. The zero-order valence-corrected chi connectivity index (χ0v) is 9.79. The molecule has 0 spiro atoms. The van der Waals surface area contributed by atoms with E-state index in [9.17, 15) is 4.79 Å². The fourth-order valence-corrected chi connectivity index (χ4v) is 1.17. The number of amides is 1. The minimum absolute atomic E-state index is 0.00551. The maximum absolute atomic E-state index is 11.4. The minimum Gasteiger partial charge on any atom is -0.376 e. The van der Waals surface area contributed by atoms with Crippen molar-refractivity contribution in [2.45, 2.75) is 13.0 Å². The second kappa shape index (κ2) is 6.85. The molecule has 0 heterocycles. The van der Waals surface area contributed by atoms with Gasteiger partial charge in [-0.25, -0.2) is 0 Å². The summed E-state index contributed by atoms with van der Waals surface area (Å²) in [4.78, 5) is 11.4. The van der Waals surface area contributed by atoms with Crippen LogP contribution in [-0.2, 0) is 4.79 Å². The van der Waals surface area contributed by atoms with Gasteiger partial charge in [0.2, 0.25) is 5.91 Å². The number of benzene rings is 1. The summed E-state index contributed by atoms with van der Waals surface area (Å²) in [6, 6.07) is 9.97. The van der Waals surface area contributed by atoms with E-state index >= 15 is 0 Å². The lowest BCUT2D eigenvalue weighted by Crippen LogP contribution is -2.39. The van der Waals surface area contributed by atoms with Crippen LogP contribution in [0.4, 0.5) is 5.69 Å². The molecule has 0 radical (unpaired) electrons. The Labute approximate surface area is 96.4 Å². The van der Waals surface area contributed by atoms with Crippen molar-refractivity contribution in [1.29, 1.82) is 0 Å². The molecule has 4 nitrogen and oxygen atoms in total. The highest BCUT2D eigenvalue weighted by molar-refractivity contribution is 5.80. The van der Waals surface area contributed by atoms with Gasteiger partial charge in [0, 0.05) is 18.3 Å². The SMILES string of the molecule is CNC(C)CNC(=O)CNc1ccccc1. The van der Waals surface area contributed by atoms with Gasteiger partial charge in [0.05, 0.1) is 6.54 Å². The third-order valence-corrected chi connectivity index (χ3v) is 2.33. The van der Waals surface area contributed by atoms with Crippen LogP contribution in [0.15, 0.2) is 30.3 Å². The number of nitrogens with one attached hydrogen (secondary N) is 3. The maximum Gasteiger partial charge on any atom is 0.239 e. The summed E-state index contributed by atoms with van der Waals surface area (Å²) >= 11 is 0. The number of hydrogen-bond donors (Lipinski definition) is 3. The lowest BCUT2D eigenvalue weighted by Gasteiger charge is -2.12. The van der Waals surface area contributed by atoms with E-state index in [2.05, 4.69) is 16.0 Å². The predicted molar refractivity (Wildman–Crippen MR) is 66.5 cm³/mol. The number of rotatable bonds is 6. The Morgan fingerprint density at radius 1 is 1.31 bits per heavy atom. The van der Waals surface area contributed by atoms with Crippen LogP contribution < -0.4 is 16.0 Å². The van der Waals surface area contributed by atoms with E-state index < -0.39 is 0 Å². The monoisotopic (exact) mass is 221 g/mol. The molecule has 0 fully saturated rings. The van der Waals surface area contributed by atoms with Crippen molar-refractivity contribution in [1.82, 2.24) is 10.6 Å². The van der Waals surface area contributed by atoms with Crippen LogP contribution in [0.3, 0.4) is 0 Å². The van der Waals surface area contributed by atoms with Crippen LogP contribution in [0.25, 0.3) is 0 Å². The summed E-state index contributed by atoms with van der Waals surface area (Å²) in [5.41, 5.74) is 0.958. The zero-order chi connectivity index (χ0) is 11.8. The number of anilines is 1. The molecular weight excluding hydrogens is 202 g/mol. The van der Waals surface area contributed by atoms with Crippen molar-refractivity contribution in [2.24, 2.45) is 0 Å². The second-order valence-corrected chi connectivity index (χ2v) is 3.71. The van der Waals surface area contributed by atoms with E-state index in [0.29, 0.717) is 19.1 Å². The second-order valence-electron chi connectivity index (χ2n) is 3.71. The number of likely N-dealkylation sites (N-methyl/N-ethyl adjacent to an activating group) is 1. The van der Waals surface area contributed by atoms with E-state index in [1.54, 1.807) is 0 Å². The summed E-state index contributed by atoms with van der Waals surface area (Å²) in [6.07, 6.45) is 0. The average Bonchev–Trinajstić information content (AvgIpc) is 2.34. The zero-order valence-electron chi connectivity index (χ0n) is 9.79. The van der Waals surface area contributed by atoms with Crippen molar-refractivity contribution in [2.75, 3.05) is 25.5 Å². The molecule has 1 unspecified atom stereocenters. The molecule has 1 aromatic rings. The molecule has 1 aromatic carbocycles. The first kappa shape index (κ1) is 12.5. The van der Waals surface area contributed by atoms with Gasteiger partial charge in [0.1, 0.15) is 0 Å². The fourth-order valence-electron chi connectivity index (χ4n) is 1.17. The van der Waals surface area contributed by atoms with Gasteiger partial charge >= 0.3 is 0 Å². The standard InChI is InChI=1S/C12H19N3O/c1-10(13-2)8-15-12(16)9-14-11-6-4-3-5-7-11/h3-7,10,13-14H,8-9H2,1-2H3,(H,15,16). The first-order valence-electron chi connectivity index (χ1n) is 5.45. The van der Waals surface area contributed by atoms with Crippen LogP contribution in [0.1, 0.15) is 6.92 Å². The molecule has 0 saturated carbocycles. The van der Waals surface area contributed by atoms with Gasteiger partial charge in [0.15, 0.2) is 0 Å². The normalized spacial score (nSPS) is 11.9. The van der Waals surface area contributed by atoms with Crippen molar-refractivity contribution in [3.63, 3.8) is 0 Å². The van der Waals surface area contributed by atoms with Gasteiger partial charge in [0.25, 0.3) is 0 Å². The van der Waals surface area contributed by atoms with Gasteiger partial charge in [-0.3, -0.25) is 4.79 Å². The van der Waals surface area contributed by atoms with Gasteiger partial charge in [-0.15, -0.1) is 0 Å². The summed E-state index contributed by atoms with van der Waals surface area (Å²) in [6.45, 7) is 2.97. The quantitative estimate of drug-likeness (QED) is 0.666. The summed E-state index contributed by atoms with van der Waals surface area (Å²) < 4.78 is 0. The molecule has 0 aromatic heterocycles. The Morgan fingerprint density at radius 2 is 2.00 bits per heavy atom. The van der Waals surface area contributed by atoms with Gasteiger partial charge < -0.3 is 16.0 Å². The fraction of sp³-hybridized carbons (Fsp3) is 0.417. The molecule has 4 heteroatoms. The lowest BCUT2D eigenvalue weighted by atomic mass is 10.3. The van der Waals surface area contributed by atoms with Crippen LogP contribution in [-0.4, -0.2) is 32.1 Å². The van der Waals surface area contributed by atoms with E-state index in [-0.39, 0.29) is 5.91 Å². The van der Waals surface area contributed by atoms with Crippen LogP contribution in [0, 0.1) is 0 Å². The largest absolute Gasteiger partial charge is 0.376 e. The molecule has 1 amide bonds. The Morgan fingerprint density at radius 3 is 2.62 bits per heavy atom. The van der Waals surface area contributed by atoms with Gasteiger partial charge in [-0.05, 0) is 26.1 Å². The van der Waals surface area contributed by atoms with Crippen molar-refractivity contribution >= 4 is 11.6 Å². The van der Waals surface area contributed by atoms with Crippen LogP contribution >= 0.6 is 0 Å². The Bertz CT molecular complexity index is 313. The Kier molecular flexibility index (Phi) is 5.36. The molecule has 0 bridgehead atoms. The van der Waals surface area contributed by atoms with E-state index in [0.717, 1.165) is 5.69 Å². The summed E-state index contributed by atoms with van der Waals surface area (Å²) in [5.74, 6) is 0.00551. The third-order valence-electron chi connectivity index (χ3n) is 2.33. The van der Waals surface area contributed by atoms with Crippen LogP contribution in [0.5, 0.6) is 0 Å². The first-order valence-corrected chi connectivity index (χ1v) is 5.45. The number of carbonyl (C=O) groups excluding carboxylic acids is 1. The van der Waals surface area contributed by atoms with E-state index in [4.69, 9.17) is 0 Å².